The molecular formula is C18H27ClN2. The lowest BCUT2D eigenvalue weighted by molar-refractivity contribution is 0.244. The Morgan fingerprint density at radius 1 is 1.19 bits per heavy atom. The van der Waals surface area contributed by atoms with Crippen molar-refractivity contribution in [2.75, 3.05) is 18.0 Å². The first-order chi connectivity index (χ1) is 10.3. The first-order valence-electron chi connectivity index (χ1n) is 8.55. The lowest BCUT2D eigenvalue weighted by Crippen LogP contribution is -2.47. The summed E-state index contributed by atoms with van der Waals surface area (Å²) in [6.07, 6.45) is 8.30. The topological polar surface area (TPSA) is 15.3 Å². The van der Waals surface area contributed by atoms with Crippen LogP contribution in [0.5, 0.6) is 0 Å². The van der Waals surface area contributed by atoms with E-state index in [0.717, 1.165) is 30.1 Å². The van der Waals surface area contributed by atoms with Crippen molar-refractivity contribution in [2.24, 2.45) is 5.92 Å². The molecule has 1 saturated heterocycles. The zero-order valence-corrected chi connectivity index (χ0v) is 13.8. The van der Waals surface area contributed by atoms with E-state index in [1.807, 2.05) is 0 Å². The molecule has 0 unspecified atom stereocenters. The average molecular weight is 307 g/mol. The second-order valence-corrected chi connectivity index (χ2v) is 6.92. The highest BCUT2D eigenvalue weighted by atomic mass is 35.5. The molecule has 1 saturated carbocycles. The van der Waals surface area contributed by atoms with Crippen LogP contribution in [0.15, 0.2) is 18.2 Å². The summed E-state index contributed by atoms with van der Waals surface area (Å²) in [5, 5.41) is 4.29. The van der Waals surface area contributed by atoms with Gasteiger partial charge in [0.15, 0.2) is 0 Å². The highest BCUT2D eigenvalue weighted by molar-refractivity contribution is 6.33. The van der Waals surface area contributed by atoms with E-state index >= 15 is 0 Å². The van der Waals surface area contributed by atoms with Gasteiger partial charge in [-0.05, 0) is 55.8 Å². The molecule has 2 atom stereocenters. The standard InChI is InChI=1S/C18H27ClN2/c1-2-20-13-14-9-10-18(16(19)12-14)21-11-5-7-15-6-3-4-8-17(15)21/h9-10,12,15,17,20H,2-8,11,13H2,1H3/t15-,17-/m1/s1. The van der Waals surface area contributed by atoms with Gasteiger partial charge in [-0.25, -0.2) is 0 Å². The number of rotatable bonds is 4. The molecule has 2 fully saturated rings. The number of hydrogen-bond acceptors (Lipinski definition) is 2. The summed E-state index contributed by atoms with van der Waals surface area (Å²) >= 11 is 6.60. The fourth-order valence-corrected chi connectivity index (χ4v) is 4.40. The van der Waals surface area contributed by atoms with Crippen molar-refractivity contribution in [1.82, 2.24) is 5.32 Å². The molecule has 1 heterocycles. The summed E-state index contributed by atoms with van der Waals surface area (Å²) in [5.74, 6) is 0.894. The number of nitrogens with one attached hydrogen (secondary N) is 1. The second-order valence-electron chi connectivity index (χ2n) is 6.51. The Morgan fingerprint density at radius 3 is 2.81 bits per heavy atom. The summed E-state index contributed by atoms with van der Waals surface area (Å²) in [6.45, 7) is 5.21. The number of fused-ring (bicyclic) bond motifs is 1. The first-order valence-corrected chi connectivity index (χ1v) is 8.93. The van der Waals surface area contributed by atoms with Crippen molar-refractivity contribution < 1.29 is 0 Å². The van der Waals surface area contributed by atoms with Gasteiger partial charge in [-0.2, -0.15) is 0 Å². The molecule has 1 aliphatic carbocycles. The van der Waals surface area contributed by atoms with Gasteiger partial charge in [-0.3, -0.25) is 0 Å². The molecule has 116 valence electrons. The maximum atomic E-state index is 6.60. The second kappa shape index (κ2) is 7.02. The van der Waals surface area contributed by atoms with Gasteiger partial charge in [-0.1, -0.05) is 37.4 Å². The Balaban J connectivity index is 1.78. The molecule has 0 radical (unpaired) electrons. The predicted molar refractivity (Wildman–Crippen MR) is 91.2 cm³/mol. The fourth-order valence-electron chi connectivity index (χ4n) is 4.09. The van der Waals surface area contributed by atoms with Crippen molar-refractivity contribution in [2.45, 2.75) is 58.0 Å². The molecule has 0 spiro atoms. The fraction of sp³-hybridized carbons (Fsp3) is 0.667. The summed E-state index contributed by atoms with van der Waals surface area (Å²) in [5.41, 5.74) is 2.54. The minimum absolute atomic E-state index is 0.726. The summed E-state index contributed by atoms with van der Waals surface area (Å²) in [7, 11) is 0. The highest BCUT2D eigenvalue weighted by Gasteiger charge is 2.33. The molecule has 3 rings (SSSR count). The zero-order chi connectivity index (χ0) is 14.7. The van der Waals surface area contributed by atoms with E-state index in [1.165, 1.54) is 56.3 Å². The van der Waals surface area contributed by atoms with Crippen LogP contribution in [0.2, 0.25) is 5.02 Å². The molecule has 0 amide bonds. The van der Waals surface area contributed by atoms with Gasteiger partial charge in [0.25, 0.3) is 0 Å². The number of benzene rings is 1. The summed E-state index contributed by atoms with van der Waals surface area (Å²) in [4.78, 5) is 2.60. The Labute approximate surface area is 133 Å². The molecule has 1 aromatic rings. The van der Waals surface area contributed by atoms with Gasteiger partial charge in [-0.15, -0.1) is 0 Å². The van der Waals surface area contributed by atoms with Gasteiger partial charge < -0.3 is 10.2 Å². The van der Waals surface area contributed by atoms with E-state index in [1.54, 1.807) is 0 Å². The molecule has 1 N–H and O–H groups in total. The summed E-state index contributed by atoms with van der Waals surface area (Å²) < 4.78 is 0. The van der Waals surface area contributed by atoms with E-state index in [-0.39, 0.29) is 0 Å². The predicted octanol–water partition coefficient (Wildman–Crippen LogP) is 4.61. The third-order valence-electron chi connectivity index (χ3n) is 5.14. The monoisotopic (exact) mass is 306 g/mol. The molecule has 2 nitrogen and oxygen atoms in total. The smallest absolute Gasteiger partial charge is 0.0642 e. The van der Waals surface area contributed by atoms with Crippen molar-refractivity contribution >= 4 is 17.3 Å². The van der Waals surface area contributed by atoms with Crippen molar-refractivity contribution in [1.29, 1.82) is 0 Å². The summed E-state index contributed by atoms with van der Waals surface area (Å²) in [6, 6.07) is 7.35. The van der Waals surface area contributed by atoms with Gasteiger partial charge in [0.2, 0.25) is 0 Å². The third kappa shape index (κ3) is 3.37. The van der Waals surface area contributed by atoms with Gasteiger partial charge >= 0.3 is 0 Å². The van der Waals surface area contributed by atoms with E-state index in [0.29, 0.717) is 0 Å². The Hall–Kier alpha value is -0.730. The van der Waals surface area contributed by atoms with Crippen LogP contribution < -0.4 is 10.2 Å². The Kier molecular flexibility index (Phi) is 5.07. The number of halogens is 1. The van der Waals surface area contributed by atoms with Gasteiger partial charge in [0, 0.05) is 19.1 Å². The molecule has 2 aliphatic rings. The van der Waals surface area contributed by atoms with Crippen LogP contribution in [0.1, 0.15) is 51.0 Å². The minimum Gasteiger partial charge on any atom is -0.367 e. The average Bonchev–Trinajstić information content (AvgIpc) is 2.53. The molecule has 0 aromatic heterocycles. The van der Waals surface area contributed by atoms with E-state index < -0.39 is 0 Å². The van der Waals surface area contributed by atoms with Gasteiger partial charge in [0.1, 0.15) is 0 Å². The molecule has 1 aromatic carbocycles. The van der Waals surface area contributed by atoms with Crippen LogP contribution >= 0.6 is 11.6 Å². The normalized spacial score (nSPS) is 25.7. The van der Waals surface area contributed by atoms with Crippen molar-refractivity contribution in [3.63, 3.8) is 0 Å². The number of piperidine rings is 1. The van der Waals surface area contributed by atoms with Gasteiger partial charge in [0.05, 0.1) is 10.7 Å². The van der Waals surface area contributed by atoms with Crippen LogP contribution in [0.3, 0.4) is 0 Å². The van der Waals surface area contributed by atoms with Crippen LogP contribution in [-0.2, 0) is 6.54 Å². The number of anilines is 1. The van der Waals surface area contributed by atoms with Crippen LogP contribution in [0.4, 0.5) is 5.69 Å². The maximum Gasteiger partial charge on any atom is 0.0642 e. The lowest BCUT2D eigenvalue weighted by atomic mass is 9.78. The molecule has 0 bridgehead atoms. The zero-order valence-electron chi connectivity index (χ0n) is 13.1. The van der Waals surface area contributed by atoms with Crippen LogP contribution in [-0.4, -0.2) is 19.1 Å². The number of nitrogens with zero attached hydrogens (tertiary/aromatic N) is 1. The molecular weight excluding hydrogens is 280 g/mol. The quantitative estimate of drug-likeness (QED) is 0.874. The van der Waals surface area contributed by atoms with Crippen molar-refractivity contribution in [3.05, 3.63) is 28.8 Å². The van der Waals surface area contributed by atoms with Crippen LogP contribution in [0.25, 0.3) is 0 Å². The number of hydrogen-bond donors (Lipinski definition) is 1. The lowest BCUT2D eigenvalue weighted by Gasteiger charge is -2.45. The van der Waals surface area contributed by atoms with Crippen molar-refractivity contribution in [3.8, 4) is 0 Å². The Bertz CT molecular complexity index is 472. The SMILES string of the molecule is CCNCc1ccc(N2CCC[C@H]3CCCC[C@H]32)c(Cl)c1. The molecule has 21 heavy (non-hydrogen) atoms. The third-order valence-corrected chi connectivity index (χ3v) is 5.45. The largest absolute Gasteiger partial charge is 0.367 e. The Morgan fingerprint density at radius 2 is 2.00 bits per heavy atom. The first kappa shape index (κ1) is 15.2. The van der Waals surface area contributed by atoms with E-state index in [4.69, 9.17) is 11.6 Å². The minimum atomic E-state index is 0.726. The molecule has 1 aliphatic heterocycles. The van der Waals surface area contributed by atoms with E-state index in [2.05, 4.69) is 35.3 Å². The van der Waals surface area contributed by atoms with Crippen LogP contribution in [0, 0.1) is 5.92 Å². The maximum absolute atomic E-state index is 6.60. The van der Waals surface area contributed by atoms with E-state index in [9.17, 15) is 0 Å². The molecule has 3 heteroatoms. The highest BCUT2D eigenvalue weighted by Crippen LogP contribution is 2.40.